The van der Waals surface area contributed by atoms with Crippen LogP contribution in [0.25, 0.3) is 0 Å². The lowest BCUT2D eigenvalue weighted by Gasteiger charge is -2.33. The Bertz CT molecular complexity index is 364. The van der Waals surface area contributed by atoms with E-state index < -0.39 is 0 Å². The lowest BCUT2D eigenvalue weighted by Crippen LogP contribution is -2.48. The summed E-state index contributed by atoms with van der Waals surface area (Å²) >= 11 is 1.98. The van der Waals surface area contributed by atoms with Gasteiger partial charge in [0, 0.05) is 24.1 Å². The predicted molar refractivity (Wildman–Crippen MR) is 71.2 cm³/mol. The van der Waals surface area contributed by atoms with Crippen LogP contribution in [0, 0.1) is 0 Å². The minimum absolute atomic E-state index is 0.478. The lowest BCUT2D eigenvalue weighted by atomic mass is 10.3. The van der Waals surface area contributed by atoms with Gasteiger partial charge in [-0.2, -0.15) is 11.8 Å². The van der Waals surface area contributed by atoms with Crippen molar-refractivity contribution in [2.45, 2.75) is 13.0 Å². The molecule has 0 radical (unpaired) electrons. The molecule has 2 N–H and O–H groups in total. The zero-order valence-corrected chi connectivity index (χ0v) is 10.3. The maximum Gasteiger partial charge on any atom is 0.196 e. The quantitative estimate of drug-likeness (QED) is 0.598. The van der Waals surface area contributed by atoms with Crippen molar-refractivity contribution in [1.29, 1.82) is 0 Å². The zero-order valence-electron chi connectivity index (χ0n) is 9.47. The average molecular weight is 235 g/mol. The van der Waals surface area contributed by atoms with Gasteiger partial charge in [0.1, 0.15) is 0 Å². The highest BCUT2D eigenvalue weighted by atomic mass is 32.2. The second-order valence-corrected chi connectivity index (χ2v) is 5.07. The van der Waals surface area contributed by atoms with E-state index in [1.165, 1.54) is 0 Å². The first-order valence-electron chi connectivity index (χ1n) is 5.51. The second-order valence-electron chi connectivity index (χ2n) is 3.92. The molecule has 0 saturated carbocycles. The first kappa shape index (κ1) is 11.3. The van der Waals surface area contributed by atoms with Gasteiger partial charge >= 0.3 is 0 Å². The summed E-state index contributed by atoms with van der Waals surface area (Å²) in [5, 5.41) is 0. The van der Waals surface area contributed by atoms with Crippen LogP contribution in [-0.4, -0.2) is 35.0 Å². The van der Waals surface area contributed by atoms with Gasteiger partial charge < -0.3 is 10.6 Å². The van der Waals surface area contributed by atoms with E-state index in [1.54, 1.807) is 0 Å². The summed E-state index contributed by atoms with van der Waals surface area (Å²) < 4.78 is 0. The summed E-state index contributed by atoms with van der Waals surface area (Å²) in [4.78, 5) is 6.63. The third-order valence-corrected chi connectivity index (χ3v) is 3.85. The molecule has 16 heavy (non-hydrogen) atoms. The van der Waals surface area contributed by atoms with Crippen molar-refractivity contribution in [3.63, 3.8) is 0 Å². The van der Waals surface area contributed by atoms with E-state index in [1.807, 2.05) is 42.1 Å². The highest BCUT2D eigenvalue weighted by Crippen LogP contribution is 2.17. The number of guanidine groups is 1. The molecule has 1 aromatic rings. The summed E-state index contributed by atoms with van der Waals surface area (Å²) in [5.41, 5.74) is 6.96. The molecule has 0 amide bonds. The Hall–Kier alpha value is -1.16. The minimum Gasteiger partial charge on any atom is -0.369 e. The number of benzene rings is 1. The Kier molecular flexibility index (Phi) is 3.72. The van der Waals surface area contributed by atoms with Gasteiger partial charge in [0.15, 0.2) is 5.96 Å². The Morgan fingerprint density at radius 1 is 1.44 bits per heavy atom. The third kappa shape index (κ3) is 2.70. The van der Waals surface area contributed by atoms with Crippen molar-refractivity contribution in [3.8, 4) is 0 Å². The van der Waals surface area contributed by atoms with Crippen LogP contribution in [0.5, 0.6) is 0 Å². The first-order valence-corrected chi connectivity index (χ1v) is 6.66. The van der Waals surface area contributed by atoms with Gasteiger partial charge in [-0.15, -0.1) is 0 Å². The lowest BCUT2D eigenvalue weighted by molar-refractivity contribution is 0.361. The highest BCUT2D eigenvalue weighted by Gasteiger charge is 2.19. The van der Waals surface area contributed by atoms with Gasteiger partial charge in [0.2, 0.25) is 0 Å². The molecule has 0 aromatic heterocycles. The largest absolute Gasteiger partial charge is 0.369 e. The van der Waals surface area contributed by atoms with E-state index in [2.05, 4.69) is 16.8 Å². The first-order chi connectivity index (χ1) is 7.77. The smallest absolute Gasteiger partial charge is 0.196 e. The van der Waals surface area contributed by atoms with Gasteiger partial charge in [-0.1, -0.05) is 18.2 Å². The van der Waals surface area contributed by atoms with Crippen LogP contribution in [-0.2, 0) is 0 Å². The molecule has 1 heterocycles. The molecule has 1 aromatic carbocycles. The van der Waals surface area contributed by atoms with Crippen molar-refractivity contribution >= 4 is 23.4 Å². The second kappa shape index (κ2) is 5.25. The van der Waals surface area contributed by atoms with Gasteiger partial charge in [0.25, 0.3) is 0 Å². The van der Waals surface area contributed by atoms with Crippen LogP contribution >= 0.6 is 11.8 Å². The van der Waals surface area contributed by atoms with Crippen LogP contribution in [0.4, 0.5) is 5.69 Å². The van der Waals surface area contributed by atoms with Crippen molar-refractivity contribution in [1.82, 2.24) is 4.90 Å². The molecule has 1 unspecified atom stereocenters. The Balaban J connectivity index is 2.11. The van der Waals surface area contributed by atoms with E-state index in [9.17, 15) is 0 Å². The molecule has 3 nitrogen and oxygen atoms in total. The number of para-hydroxylation sites is 1. The molecule has 1 atom stereocenters. The standard InChI is InChI=1S/C12H17N3S/c1-10-9-16-8-7-15(10)12(13)14-11-5-3-2-4-6-11/h2-6,10H,7-9H2,1H3,(H2,13,14). The molecule has 1 aliphatic heterocycles. The number of nitrogens with two attached hydrogens (primary N) is 1. The summed E-state index contributed by atoms with van der Waals surface area (Å²) in [6.07, 6.45) is 0. The van der Waals surface area contributed by atoms with E-state index in [0.717, 1.165) is 23.7 Å². The fourth-order valence-electron chi connectivity index (χ4n) is 1.77. The van der Waals surface area contributed by atoms with E-state index in [4.69, 9.17) is 5.73 Å². The van der Waals surface area contributed by atoms with E-state index >= 15 is 0 Å². The fourth-order valence-corrected chi connectivity index (χ4v) is 2.78. The average Bonchev–Trinajstić information content (AvgIpc) is 2.31. The molecular formula is C12H17N3S. The predicted octanol–water partition coefficient (Wildman–Crippen LogP) is 2.07. The molecule has 1 saturated heterocycles. The molecule has 86 valence electrons. The number of aliphatic imine (C=N–C) groups is 1. The minimum atomic E-state index is 0.478. The SMILES string of the molecule is CC1CSCCN1C(N)=Nc1ccccc1. The molecule has 0 bridgehead atoms. The topological polar surface area (TPSA) is 41.6 Å². The maximum atomic E-state index is 6.04. The summed E-state index contributed by atoms with van der Waals surface area (Å²) in [5.74, 6) is 2.90. The van der Waals surface area contributed by atoms with Gasteiger partial charge in [-0.25, -0.2) is 4.99 Å². The Labute approximate surface area is 101 Å². The number of rotatable bonds is 1. The van der Waals surface area contributed by atoms with Crippen LogP contribution < -0.4 is 5.73 Å². The normalized spacial score (nSPS) is 22.2. The van der Waals surface area contributed by atoms with Crippen molar-refractivity contribution in [2.24, 2.45) is 10.7 Å². The Morgan fingerprint density at radius 3 is 2.88 bits per heavy atom. The van der Waals surface area contributed by atoms with Crippen molar-refractivity contribution < 1.29 is 0 Å². The molecule has 1 fully saturated rings. The van der Waals surface area contributed by atoms with Crippen LogP contribution in [0.1, 0.15) is 6.92 Å². The third-order valence-electron chi connectivity index (χ3n) is 2.66. The number of thioether (sulfide) groups is 1. The van der Waals surface area contributed by atoms with Gasteiger partial charge in [-0.3, -0.25) is 0 Å². The maximum absolute atomic E-state index is 6.04. The Morgan fingerprint density at radius 2 is 2.19 bits per heavy atom. The monoisotopic (exact) mass is 235 g/mol. The molecule has 4 heteroatoms. The zero-order chi connectivity index (χ0) is 11.4. The van der Waals surface area contributed by atoms with Crippen LogP contribution in [0.2, 0.25) is 0 Å². The van der Waals surface area contributed by atoms with Gasteiger partial charge in [0.05, 0.1) is 5.69 Å². The molecule has 1 aliphatic rings. The molecular weight excluding hydrogens is 218 g/mol. The van der Waals surface area contributed by atoms with Crippen molar-refractivity contribution in [3.05, 3.63) is 30.3 Å². The molecule has 0 aliphatic carbocycles. The number of nitrogens with zero attached hydrogens (tertiary/aromatic N) is 2. The van der Waals surface area contributed by atoms with Crippen LogP contribution in [0.15, 0.2) is 35.3 Å². The van der Waals surface area contributed by atoms with E-state index in [-0.39, 0.29) is 0 Å². The highest BCUT2D eigenvalue weighted by molar-refractivity contribution is 7.99. The summed E-state index contributed by atoms with van der Waals surface area (Å²) in [6.45, 7) is 3.19. The molecule has 2 rings (SSSR count). The number of hydrogen-bond donors (Lipinski definition) is 1. The summed E-state index contributed by atoms with van der Waals surface area (Å²) in [7, 11) is 0. The van der Waals surface area contributed by atoms with E-state index in [0.29, 0.717) is 12.0 Å². The summed E-state index contributed by atoms with van der Waals surface area (Å²) in [6, 6.07) is 10.3. The van der Waals surface area contributed by atoms with Crippen LogP contribution in [0.3, 0.4) is 0 Å². The van der Waals surface area contributed by atoms with Gasteiger partial charge in [-0.05, 0) is 19.1 Å². The molecule has 0 spiro atoms. The number of hydrogen-bond acceptors (Lipinski definition) is 2. The fraction of sp³-hybridized carbons (Fsp3) is 0.417. The van der Waals surface area contributed by atoms with Crippen molar-refractivity contribution in [2.75, 3.05) is 18.1 Å².